The highest BCUT2D eigenvalue weighted by Crippen LogP contribution is 2.40. The van der Waals surface area contributed by atoms with Crippen molar-refractivity contribution >= 4 is 32.9 Å². The van der Waals surface area contributed by atoms with Crippen molar-refractivity contribution in [2.45, 2.75) is 49.0 Å². The molecular weight excluding hydrogens is 599 g/mol. The highest BCUT2D eigenvalue weighted by Gasteiger charge is 2.38. The van der Waals surface area contributed by atoms with Gasteiger partial charge in [-0.25, -0.2) is 28.4 Å². The summed E-state index contributed by atoms with van der Waals surface area (Å²) < 4.78 is 70.4. The van der Waals surface area contributed by atoms with E-state index in [1.807, 2.05) is 17.0 Å². The van der Waals surface area contributed by atoms with Gasteiger partial charge >= 0.3 is 6.36 Å². The van der Waals surface area contributed by atoms with Gasteiger partial charge in [-0.05, 0) is 54.2 Å². The maximum Gasteiger partial charge on any atom is 0.573 e. The standard InChI is InChI=1S/C29H28F3N7O4S/c30-29(31,32)43-23-7-9-24(10-8-23)44(41,42)39-12-11-38(26-16-34-25-15-33-18-36-28(25)37-26)17-22(39)13-27(40)35-14-19-1-3-20(4-2-19)21-5-6-21/h1-4,7-10,15-16,18,21-22H,5-6,11-14,17H2,(H,35,40)/t22-/m0/s1. The average Bonchev–Trinajstić information content (AvgIpc) is 3.85. The lowest BCUT2D eigenvalue weighted by atomic mass is 10.1. The van der Waals surface area contributed by atoms with Crippen molar-refractivity contribution in [3.8, 4) is 5.75 Å². The molecule has 0 radical (unpaired) electrons. The van der Waals surface area contributed by atoms with Crippen molar-refractivity contribution < 1.29 is 31.1 Å². The molecule has 44 heavy (non-hydrogen) atoms. The number of anilines is 1. The molecular formula is C29H28F3N7O4S. The van der Waals surface area contributed by atoms with Gasteiger partial charge in [0.1, 0.15) is 23.4 Å². The number of aromatic nitrogens is 4. The molecule has 2 aliphatic rings. The van der Waals surface area contributed by atoms with E-state index in [1.165, 1.54) is 41.4 Å². The first-order chi connectivity index (χ1) is 21.0. The van der Waals surface area contributed by atoms with Crippen molar-refractivity contribution in [3.05, 3.63) is 78.4 Å². The Balaban J connectivity index is 1.20. The van der Waals surface area contributed by atoms with Crippen LogP contribution in [0.1, 0.15) is 36.3 Å². The normalized spacial score (nSPS) is 17.9. The van der Waals surface area contributed by atoms with Gasteiger partial charge in [-0.1, -0.05) is 24.3 Å². The number of fused-ring (bicyclic) bond motifs is 1. The van der Waals surface area contributed by atoms with Crippen LogP contribution in [0.25, 0.3) is 11.2 Å². The molecule has 1 aliphatic carbocycles. The van der Waals surface area contributed by atoms with Crippen LogP contribution in [0, 0.1) is 0 Å². The molecule has 0 bridgehead atoms. The van der Waals surface area contributed by atoms with Crippen LogP contribution in [-0.4, -0.2) is 70.6 Å². The predicted octanol–water partition coefficient (Wildman–Crippen LogP) is 3.78. The molecule has 1 saturated carbocycles. The quantitative estimate of drug-likeness (QED) is 0.295. The van der Waals surface area contributed by atoms with E-state index in [-0.39, 0.29) is 43.4 Å². The summed E-state index contributed by atoms with van der Waals surface area (Å²) in [5.41, 5.74) is 3.07. The first-order valence-electron chi connectivity index (χ1n) is 14.0. The molecule has 230 valence electrons. The predicted molar refractivity (Wildman–Crippen MR) is 153 cm³/mol. The molecule has 4 aromatic rings. The van der Waals surface area contributed by atoms with Crippen molar-refractivity contribution in [1.29, 1.82) is 0 Å². The van der Waals surface area contributed by atoms with Gasteiger partial charge in [0.15, 0.2) is 5.65 Å². The number of hydrogen-bond acceptors (Lipinski definition) is 9. The van der Waals surface area contributed by atoms with E-state index in [1.54, 1.807) is 0 Å². The summed E-state index contributed by atoms with van der Waals surface area (Å²) in [6.45, 7) is 0.616. The Morgan fingerprint density at radius 2 is 1.75 bits per heavy atom. The minimum absolute atomic E-state index is 0.00674. The van der Waals surface area contributed by atoms with E-state index < -0.39 is 28.2 Å². The van der Waals surface area contributed by atoms with Crippen LogP contribution in [0.3, 0.4) is 0 Å². The van der Waals surface area contributed by atoms with Gasteiger partial charge in [0.05, 0.1) is 23.3 Å². The topological polar surface area (TPSA) is 131 Å². The van der Waals surface area contributed by atoms with Crippen LogP contribution in [0.15, 0.2) is 72.1 Å². The average molecular weight is 628 g/mol. The summed E-state index contributed by atoms with van der Waals surface area (Å²) in [5, 5.41) is 2.88. The van der Waals surface area contributed by atoms with Crippen molar-refractivity contribution in [2.75, 3.05) is 24.5 Å². The molecule has 1 aliphatic heterocycles. The fraction of sp³-hybridized carbons (Fsp3) is 0.345. The lowest BCUT2D eigenvalue weighted by Crippen LogP contribution is -2.56. The SMILES string of the molecule is O=C(C[C@H]1CN(c2cnc3cncnc3n2)CCN1S(=O)(=O)c1ccc(OC(F)(F)F)cc1)NCc1ccc(C2CC2)cc1. The minimum Gasteiger partial charge on any atom is -0.406 e. The molecule has 1 atom stereocenters. The maximum atomic E-state index is 13.7. The molecule has 11 nitrogen and oxygen atoms in total. The van der Waals surface area contributed by atoms with Crippen LogP contribution in [0.2, 0.25) is 0 Å². The monoisotopic (exact) mass is 627 g/mol. The van der Waals surface area contributed by atoms with Gasteiger partial charge in [-0.2, -0.15) is 4.31 Å². The molecule has 1 N–H and O–H groups in total. The Bertz CT molecular complexity index is 1750. The molecule has 2 aromatic heterocycles. The summed E-state index contributed by atoms with van der Waals surface area (Å²) in [4.78, 5) is 31.7. The Morgan fingerprint density at radius 3 is 2.45 bits per heavy atom. The van der Waals surface area contributed by atoms with E-state index in [0.717, 1.165) is 29.8 Å². The molecule has 1 amide bonds. The lowest BCUT2D eigenvalue weighted by Gasteiger charge is -2.40. The molecule has 2 fully saturated rings. The second kappa shape index (κ2) is 12.0. The Labute approximate surface area is 251 Å². The minimum atomic E-state index is -4.91. The number of nitrogens with one attached hydrogen (secondary N) is 1. The number of nitrogens with zero attached hydrogens (tertiary/aromatic N) is 6. The number of halogens is 3. The smallest absolute Gasteiger partial charge is 0.406 e. The summed E-state index contributed by atoms with van der Waals surface area (Å²) in [6.07, 6.45) is 1.73. The molecule has 6 rings (SSSR count). The van der Waals surface area contributed by atoms with Gasteiger partial charge in [0.2, 0.25) is 15.9 Å². The van der Waals surface area contributed by atoms with E-state index >= 15 is 0 Å². The summed E-state index contributed by atoms with van der Waals surface area (Å²) in [7, 11) is -4.20. The number of carbonyl (C=O) groups is 1. The number of hydrogen-bond donors (Lipinski definition) is 1. The van der Waals surface area contributed by atoms with E-state index in [9.17, 15) is 26.4 Å². The molecule has 15 heteroatoms. The van der Waals surface area contributed by atoms with Gasteiger partial charge < -0.3 is 15.0 Å². The highest BCUT2D eigenvalue weighted by atomic mass is 32.2. The third-order valence-electron chi connectivity index (χ3n) is 7.57. The Hall–Kier alpha value is -4.37. The van der Waals surface area contributed by atoms with Crippen molar-refractivity contribution in [1.82, 2.24) is 29.6 Å². The number of ether oxygens (including phenoxy) is 1. The van der Waals surface area contributed by atoms with E-state index in [0.29, 0.717) is 22.9 Å². The number of amides is 1. The first kappa shape index (κ1) is 29.7. The van der Waals surface area contributed by atoms with Crippen LogP contribution >= 0.6 is 0 Å². The van der Waals surface area contributed by atoms with Crippen LogP contribution < -0.4 is 15.0 Å². The fourth-order valence-corrected chi connectivity index (χ4v) is 6.81. The van der Waals surface area contributed by atoms with Gasteiger partial charge in [-0.3, -0.25) is 4.79 Å². The summed E-state index contributed by atoms with van der Waals surface area (Å²) in [6, 6.07) is 11.3. The van der Waals surface area contributed by atoms with Gasteiger partial charge in [-0.15, -0.1) is 13.2 Å². The number of alkyl halides is 3. The number of sulfonamides is 1. The fourth-order valence-electron chi connectivity index (χ4n) is 5.20. The van der Waals surface area contributed by atoms with Crippen LogP contribution in [-0.2, 0) is 21.4 Å². The summed E-state index contributed by atoms with van der Waals surface area (Å²) >= 11 is 0. The molecule has 1 saturated heterocycles. The summed E-state index contributed by atoms with van der Waals surface area (Å²) in [5.74, 6) is 0.188. The van der Waals surface area contributed by atoms with Crippen molar-refractivity contribution in [2.24, 2.45) is 0 Å². The zero-order valence-corrected chi connectivity index (χ0v) is 24.1. The zero-order valence-electron chi connectivity index (χ0n) is 23.3. The van der Waals surface area contributed by atoms with Gasteiger partial charge in [0, 0.05) is 32.6 Å². The largest absolute Gasteiger partial charge is 0.573 e. The first-order valence-corrected chi connectivity index (χ1v) is 15.4. The third-order valence-corrected chi connectivity index (χ3v) is 9.53. The van der Waals surface area contributed by atoms with Gasteiger partial charge in [0.25, 0.3) is 0 Å². The number of carbonyl (C=O) groups excluding carboxylic acids is 1. The van der Waals surface area contributed by atoms with Crippen LogP contribution in [0.5, 0.6) is 5.75 Å². The number of piperazine rings is 1. The lowest BCUT2D eigenvalue weighted by molar-refractivity contribution is -0.274. The number of benzene rings is 2. The maximum absolute atomic E-state index is 13.7. The molecule has 0 spiro atoms. The highest BCUT2D eigenvalue weighted by molar-refractivity contribution is 7.89. The van der Waals surface area contributed by atoms with E-state index in [4.69, 9.17) is 0 Å². The zero-order chi connectivity index (χ0) is 30.9. The second-order valence-electron chi connectivity index (χ2n) is 10.7. The Morgan fingerprint density at radius 1 is 1.00 bits per heavy atom. The van der Waals surface area contributed by atoms with E-state index in [2.05, 4.69) is 42.1 Å². The Kier molecular flexibility index (Phi) is 8.07. The molecule has 0 unspecified atom stereocenters. The third kappa shape index (κ3) is 6.89. The van der Waals surface area contributed by atoms with Crippen LogP contribution in [0.4, 0.5) is 19.0 Å². The van der Waals surface area contributed by atoms with Crippen molar-refractivity contribution in [3.63, 3.8) is 0 Å². The molecule has 2 aromatic carbocycles. The second-order valence-corrected chi connectivity index (χ2v) is 12.6. The number of rotatable bonds is 9. The molecule has 3 heterocycles.